The molecule has 0 fully saturated rings. The molecule has 2 heterocycles. The number of aromatic nitrogens is 3. The third-order valence-corrected chi connectivity index (χ3v) is 3.83. The third kappa shape index (κ3) is 3.47. The van der Waals surface area contributed by atoms with Crippen molar-refractivity contribution in [2.24, 2.45) is 0 Å². The van der Waals surface area contributed by atoms with E-state index in [-0.39, 0.29) is 12.1 Å². The summed E-state index contributed by atoms with van der Waals surface area (Å²) in [4.78, 5) is 16.7. The first-order chi connectivity index (χ1) is 12.1. The first kappa shape index (κ1) is 16.6. The summed E-state index contributed by atoms with van der Waals surface area (Å²) in [6, 6.07) is 11.0. The molecule has 0 aliphatic heterocycles. The zero-order valence-corrected chi connectivity index (χ0v) is 14.3. The lowest BCUT2D eigenvalue weighted by molar-refractivity contribution is 0.249. The molecule has 2 aromatic heterocycles. The number of nitrogens with one attached hydrogen (secondary N) is 4. The van der Waals surface area contributed by atoms with Crippen molar-refractivity contribution in [1.82, 2.24) is 20.5 Å². The predicted molar refractivity (Wildman–Crippen MR) is 97.0 cm³/mol. The minimum Gasteiger partial charge on any atom is -0.479 e. The second kappa shape index (κ2) is 7.08. The molecule has 0 bridgehead atoms. The standard InChI is InChI=1S/C17H20N6O2/c1-10(11-7-5-4-6-8-11)19-17(24)21-13-9-12-14(15(18-2)20-13)16(25-3)23-22-12/h4-10H,1-3H3,(H,22,23)(H3,18,19,20,21,24). The van der Waals surface area contributed by atoms with E-state index in [0.29, 0.717) is 23.0 Å². The number of nitrogens with zero attached hydrogens (tertiary/aromatic N) is 2. The van der Waals surface area contributed by atoms with Gasteiger partial charge in [0.05, 0.1) is 18.7 Å². The van der Waals surface area contributed by atoms with Crippen molar-refractivity contribution >= 4 is 28.6 Å². The number of urea groups is 1. The van der Waals surface area contributed by atoms with Gasteiger partial charge in [-0.15, -0.1) is 5.10 Å². The molecular weight excluding hydrogens is 320 g/mol. The van der Waals surface area contributed by atoms with E-state index in [1.54, 1.807) is 20.2 Å². The molecule has 0 radical (unpaired) electrons. The highest BCUT2D eigenvalue weighted by atomic mass is 16.5. The van der Waals surface area contributed by atoms with Gasteiger partial charge in [0.25, 0.3) is 0 Å². The molecule has 3 aromatic rings. The Bertz CT molecular complexity index is 877. The summed E-state index contributed by atoms with van der Waals surface area (Å²) in [6.45, 7) is 1.92. The molecule has 4 N–H and O–H groups in total. The Balaban J connectivity index is 1.77. The van der Waals surface area contributed by atoms with Crippen molar-refractivity contribution < 1.29 is 9.53 Å². The molecule has 0 saturated heterocycles. The van der Waals surface area contributed by atoms with Gasteiger partial charge in [-0.05, 0) is 12.5 Å². The number of carbonyl (C=O) groups is 1. The van der Waals surface area contributed by atoms with Crippen LogP contribution in [-0.2, 0) is 0 Å². The number of ether oxygens (including phenoxy) is 1. The maximum Gasteiger partial charge on any atom is 0.320 e. The van der Waals surface area contributed by atoms with Gasteiger partial charge >= 0.3 is 6.03 Å². The Labute approximate surface area is 145 Å². The Morgan fingerprint density at radius 3 is 2.72 bits per heavy atom. The molecule has 3 rings (SSSR count). The van der Waals surface area contributed by atoms with E-state index < -0.39 is 0 Å². The summed E-state index contributed by atoms with van der Waals surface area (Å²) in [5.74, 6) is 1.41. The van der Waals surface area contributed by atoms with Crippen molar-refractivity contribution in [3.05, 3.63) is 42.0 Å². The number of amides is 2. The van der Waals surface area contributed by atoms with Crippen LogP contribution < -0.4 is 20.7 Å². The lowest BCUT2D eigenvalue weighted by Crippen LogP contribution is -2.31. The molecular formula is C17H20N6O2. The van der Waals surface area contributed by atoms with Crippen LogP contribution in [0, 0.1) is 0 Å². The van der Waals surface area contributed by atoms with Gasteiger partial charge in [-0.25, -0.2) is 9.78 Å². The van der Waals surface area contributed by atoms with Gasteiger partial charge in [0.15, 0.2) is 0 Å². The van der Waals surface area contributed by atoms with Crippen molar-refractivity contribution in [2.45, 2.75) is 13.0 Å². The number of benzene rings is 1. The lowest BCUT2D eigenvalue weighted by atomic mass is 10.1. The molecule has 8 heteroatoms. The first-order valence-corrected chi connectivity index (χ1v) is 7.85. The summed E-state index contributed by atoms with van der Waals surface area (Å²) < 4.78 is 5.21. The van der Waals surface area contributed by atoms with E-state index in [1.165, 1.54) is 0 Å². The van der Waals surface area contributed by atoms with E-state index in [9.17, 15) is 4.79 Å². The van der Waals surface area contributed by atoms with Gasteiger partial charge in [0.1, 0.15) is 17.0 Å². The quantitative estimate of drug-likeness (QED) is 0.572. The van der Waals surface area contributed by atoms with Crippen LogP contribution in [-0.4, -0.2) is 35.4 Å². The molecule has 1 unspecified atom stereocenters. The van der Waals surface area contributed by atoms with Crippen molar-refractivity contribution in [2.75, 3.05) is 24.8 Å². The van der Waals surface area contributed by atoms with Gasteiger partial charge in [-0.2, -0.15) is 0 Å². The largest absolute Gasteiger partial charge is 0.479 e. The van der Waals surface area contributed by atoms with E-state index in [1.807, 2.05) is 37.3 Å². The fraction of sp³-hybridized carbons (Fsp3) is 0.235. The summed E-state index contributed by atoms with van der Waals surface area (Å²) >= 11 is 0. The van der Waals surface area contributed by atoms with Crippen LogP contribution in [0.25, 0.3) is 10.9 Å². The number of fused-ring (bicyclic) bond motifs is 1. The predicted octanol–water partition coefficient (Wildman–Crippen LogP) is 2.89. The van der Waals surface area contributed by atoms with Crippen LogP contribution in [0.5, 0.6) is 5.88 Å². The molecule has 8 nitrogen and oxygen atoms in total. The average molecular weight is 340 g/mol. The van der Waals surface area contributed by atoms with Gasteiger partial charge in [-0.1, -0.05) is 30.3 Å². The third-order valence-electron chi connectivity index (χ3n) is 3.83. The van der Waals surface area contributed by atoms with Gasteiger partial charge < -0.3 is 15.4 Å². The molecule has 2 amide bonds. The number of anilines is 2. The Hall–Kier alpha value is -3.29. The SMILES string of the molecule is CNc1nc(NC(=O)NC(C)c2ccccc2)cc2[nH]nc(OC)c12. The summed E-state index contributed by atoms with van der Waals surface area (Å²) in [7, 11) is 3.29. The van der Waals surface area contributed by atoms with Crippen LogP contribution in [0.1, 0.15) is 18.5 Å². The number of hydrogen-bond donors (Lipinski definition) is 4. The normalized spacial score (nSPS) is 11.8. The second-order valence-corrected chi connectivity index (χ2v) is 5.49. The van der Waals surface area contributed by atoms with Crippen molar-refractivity contribution in [3.63, 3.8) is 0 Å². The maximum absolute atomic E-state index is 12.3. The van der Waals surface area contributed by atoms with E-state index in [2.05, 4.69) is 31.1 Å². The lowest BCUT2D eigenvalue weighted by Gasteiger charge is -2.15. The maximum atomic E-state index is 12.3. The molecule has 25 heavy (non-hydrogen) atoms. The zero-order valence-electron chi connectivity index (χ0n) is 14.3. The zero-order chi connectivity index (χ0) is 17.8. The minimum absolute atomic E-state index is 0.124. The number of H-pyrrole nitrogens is 1. The first-order valence-electron chi connectivity index (χ1n) is 7.85. The highest BCUT2D eigenvalue weighted by Gasteiger charge is 2.15. The minimum atomic E-state index is -0.336. The molecule has 0 aliphatic carbocycles. The molecule has 0 aliphatic rings. The van der Waals surface area contributed by atoms with Gasteiger partial charge in [0, 0.05) is 13.1 Å². The van der Waals surface area contributed by atoms with Gasteiger partial charge in [-0.3, -0.25) is 10.4 Å². The van der Waals surface area contributed by atoms with Crippen LogP contribution in [0.2, 0.25) is 0 Å². The number of hydrogen-bond acceptors (Lipinski definition) is 5. The topological polar surface area (TPSA) is 104 Å². The monoisotopic (exact) mass is 340 g/mol. The van der Waals surface area contributed by atoms with Gasteiger partial charge in [0.2, 0.25) is 5.88 Å². The number of carbonyl (C=O) groups excluding carboxylic acids is 1. The Kier molecular flexibility index (Phi) is 4.69. The number of methoxy groups -OCH3 is 1. The van der Waals surface area contributed by atoms with E-state index in [4.69, 9.17) is 4.74 Å². The van der Waals surface area contributed by atoms with Crippen LogP contribution in [0.4, 0.5) is 16.4 Å². The summed E-state index contributed by atoms with van der Waals surface area (Å²) in [5.41, 5.74) is 1.73. The molecule has 1 aromatic carbocycles. The number of rotatable bonds is 5. The molecule has 0 spiro atoms. The van der Waals surface area contributed by atoms with E-state index in [0.717, 1.165) is 10.9 Å². The molecule has 0 saturated carbocycles. The Morgan fingerprint density at radius 2 is 2.04 bits per heavy atom. The van der Waals surface area contributed by atoms with E-state index >= 15 is 0 Å². The van der Waals surface area contributed by atoms with Crippen LogP contribution in [0.15, 0.2) is 36.4 Å². The molecule has 130 valence electrons. The molecule has 1 atom stereocenters. The average Bonchev–Trinajstić information content (AvgIpc) is 3.04. The van der Waals surface area contributed by atoms with Crippen LogP contribution >= 0.6 is 0 Å². The van der Waals surface area contributed by atoms with Crippen molar-refractivity contribution in [1.29, 1.82) is 0 Å². The van der Waals surface area contributed by atoms with Crippen molar-refractivity contribution in [3.8, 4) is 5.88 Å². The summed E-state index contributed by atoms with van der Waals surface area (Å²) in [6.07, 6.45) is 0. The smallest absolute Gasteiger partial charge is 0.320 e. The number of pyridine rings is 1. The fourth-order valence-corrected chi connectivity index (χ4v) is 2.58. The number of aromatic amines is 1. The highest BCUT2D eigenvalue weighted by molar-refractivity contribution is 5.98. The highest BCUT2D eigenvalue weighted by Crippen LogP contribution is 2.30. The fourth-order valence-electron chi connectivity index (χ4n) is 2.58. The second-order valence-electron chi connectivity index (χ2n) is 5.49. The Morgan fingerprint density at radius 1 is 1.28 bits per heavy atom. The summed E-state index contributed by atoms with van der Waals surface area (Å²) in [5, 5.41) is 16.3. The van der Waals surface area contributed by atoms with Crippen LogP contribution in [0.3, 0.4) is 0 Å².